The van der Waals surface area contributed by atoms with E-state index in [1.807, 2.05) is 24.8 Å². The molecule has 2 fully saturated rings. The van der Waals surface area contributed by atoms with Crippen molar-refractivity contribution in [1.82, 2.24) is 19.8 Å². The molecule has 0 aliphatic carbocycles. The highest BCUT2D eigenvalue weighted by molar-refractivity contribution is 7.99. The van der Waals surface area contributed by atoms with Crippen LogP contribution in [0.3, 0.4) is 0 Å². The summed E-state index contributed by atoms with van der Waals surface area (Å²) in [7, 11) is -3.96. The van der Waals surface area contributed by atoms with Crippen LogP contribution in [0.1, 0.15) is 24.0 Å². The van der Waals surface area contributed by atoms with Gasteiger partial charge in [0.2, 0.25) is 10.0 Å². The van der Waals surface area contributed by atoms with Crippen LogP contribution in [0.4, 0.5) is 4.79 Å². The third-order valence-corrected chi connectivity index (χ3v) is 9.62. The number of nitrogens with zero attached hydrogens (tertiary/aromatic N) is 3. The normalized spacial score (nSPS) is 17.5. The number of carbonyl (C=O) groups excluding carboxylic acids is 1. The second-order valence-electron chi connectivity index (χ2n) is 9.37. The summed E-state index contributed by atoms with van der Waals surface area (Å²) in [5.74, 6) is 2.78. The molecule has 0 spiro atoms. The zero-order chi connectivity index (χ0) is 27.1. The van der Waals surface area contributed by atoms with Gasteiger partial charge in [0.05, 0.1) is 11.6 Å². The van der Waals surface area contributed by atoms with Crippen molar-refractivity contribution < 1.29 is 17.9 Å². The molecule has 2 saturated heterocycles. The highest BCUT2D eigenvalue weighted by Crippen LogP contribution is 2.34. The Morgan fingerprint density at radius 2 is 1.89 bits per heavy atom. The first-order chi connectivity index (χ1) is 18.2. The fraction of sp³-hybridized carbons (Fsp3) is 0.462. The highest BCUT2D eigenvalue weighted by atomic mass is 35.5. The lowest BCUT2D eigenvalue weighted by Crippen LogP contribution is -2.50. The Labute approximate surface area is 233 Å². The van der Waals surface area contributed by atoms with E-state index in [-0.39, 0.29) is 41.4 Å². The number of sulfonamides is 1. The number of hydrogen-bond donors (Lipinski definition) is 2. The smallest absolute Gasteiger partial charge is 0.315 e. The quantitative estimate of drug-likeness (QED) is 0.490. The van der Waals surface area contributed by atoms with Crippen LogP contribution >= 0.6 is 23.4 Å². The first kappa shape index (κ1) is 28.5. The van der Waals surface area contributed by atoms with E-state index in [9.17, 15) is 18.5 Å². The lowest BCUT2D eigenvalue weighted by molar-refractivity contribution is 0.224. The van der Waals surface area contributed by atoms with Crippen LogP contribution in [0.15, 0.2) is 41.3 Å². The number of aryl methyl sites for hydroxylation is 1. The summed E-state index contributed by atoms with van der Waals surface area (Å²) in [4.78, 5) is 14.6. The molecule has 2 N–H and O–H groups in total. The highest BCUT2D eigenvalue weighted by Gasteiger charge is 2.32. The predicted octanol–water partition coefficient (Wildman–Crippen LogP) is 3.81. The lowest BCUT2D eigenvalue weighted by atomic mass is 10.1. The van der Waals surface area contributed by atoms with Gasteiger partial charge in [-0.15, -0.1) is 0 Å². The zero-order valence-corrected chi connectivity index (χ0v) is 23.7. The van der Waals surface area contributed by atoms with Crippen LogP contribution in [0, 0.1) is 18.3 Å². The molecule has 2 aliphatic heterocycles. The number of thioether (sulfide) groups is 1. The molecular weight excluding hydrogens is 546 g/mol. The third kappa shape index (κ3) is 7.55. The molecule has 204 valence electrons. The number of rotatable bonds is 8. The first-order valence-corrected chi connectivity index (χ1v) is 15.6. The molecule has 2 amide bonds. The number of nitrogens with one attached hydrogen (secondary N) is 2. The van der Waals surface area contributed by atoms with Crippen molar-refractivity contribution in [2.45, 2.75) is 30.7 Å². The summed E-state index contributed by atoms with van der Waals surface area (Å²) < 4.78 is 34.6. The molecule has 4 rings (SSSR count). The maximum Gasteiger partial charge on any atom is 0.315 e. The minimum atomic E-state index is -3.96. The van der Waals surface area contributed by atoms with Crippen LogP contribution in [0.25, 0.3) is 0 Å². The summed E-state index contributed by atoms with van der Waals surface area (Å²) in [5, 5.41) is 15.7. The van der Waals surface area contributed by atoms with Gasteiger partial charge in [0, 0.05) is 61.8 Å². The van der Waals surface area contributed by atoms with Gasteiger partial charge in [-0.25, -0.2) is 13.2 Å². The number of benzene rings is 2. The maximum absolute atomic E-state index is 13.6. The molecule has 2 heterocycles. The Hall–Kier alpha value is -2.49. The average Bonchev–Trinajstić information content (AvgIpc) is 2.89. The first-order valence-electron chi connectivity index (χ1n) is 12.6. The van der Waals surface area contributed by atoms with E-state index < -0.39 is 10.0 Å². The molecular formula is C26H32ClN5O4S2. The molecule has 2 aromatic carbocycles. The second-order valence-corrected chi connectivity index (χ2v) is 12.9. The minimum absolute atomic E-state index is 0.0746. The molecule has 2 aliphatic rings. The molecule has 2 aromatic rings. The number of urea groups is 1. The zero-order valence-electron chi connectivity index (χ0n) is 21.3. The Morgan fingerprint density at radius 1 is 1.16 bits per heavy atom. The van der Waals surface area contributed by atoms with Gasteiger partial charge in [-0.1, -0.05) is 11.6 Å². The summed E-state index contributed by atoms with van der Waals surface area (Å²) in [6.45, 7) is 5.84. The second kappa shape index (κ2) is 13.0. The number of hydrogen-bond acceptors (Lipinski definition) is 7. The SMILES string of the molecule is Cc1cc(Cl)cc(Oc2ccc(C#N)cc2S(=O)(=O)N2CCC(NC(=O)NCCN3CCSCC3)CC2)c1. The summed E-state index contributed by atoms with van der Waals surface area (Å²) in [6, 6.07) is 11.1. The number of ether oxygens (including phenoxy) is 1. The number of carbonyl (C=O) groups is 1. The monoisotopic (exact) mass is 577 g/mol. The summed E-state index contributed by atoms with van der Waals surface area (Å²) in [6.07, 6.45) is 0.967. The Kier molecular flexibility index (Phi) is 9.79. The summed E-state index contributed by atoms with van der Waals surface area (Å²) >= 11 is 8.09. The average molecular weight is 578 g/mol. The number of piperidine rings is 1. The van der Waals surface area contributed by atoms with E-state index in [1.54, 1.807) is 18.2 Å². The molecule has 0 unspecified atom stereocenters. The molecule has 0 bridgehead atoms. The van der Waals surface area contributed by atoms with Crippen LogP contribution < -0.4 is 15.4 Å². The van der Waals surface area contributed by atoms with E-state index in [0.717, 1.165) is 36.7 Å². The van der Waals surface area contributed by atoms with Crippen molar-refractivity contribution in [3.8, 4) is 17.6 Å². The van der Waals surface area contributed by atoms with Gasteiger partial charge in [-0.05, 0) is 61.7 Å². The molecule has 0 saturated carbocycles. The maximum atomic E-state index is 13.6. The van der Waals surface area contributed by atoms with Gasteiger partial charge in [0.15, 0.2) is 0 Å². The van der Waals surface area contributed by atoms with Gasteiger partial charge in [0.25, 0.3) is 0 Å². The van der Waals surface area contributed by atoms with Crippen molar-refractivity contribution in [1.29, 1.82) is 5.26 Å². The van der Waals surface area contributed by atoms with Crippen LogP contribution in [0.5, 0.6) is 11.5 Å². The Balaban J connectivity index is 1.36. The Morgan fingerprint density at radius 3 is 2.58 bits per heavy atom. The van der Waals surface area contributed by atoms with Crippen molar-refractivity contribution in [3.63, 3.8) is 0 Å². The van der Waals surface area contributed by atoms with Crippen LogP contribution in [-0.2, 0) is 10.0 Å². The van der Waals surface area contributed by atoms with Crippen molar-refractivity contribution in [2.24, 2.45) is 0 Å². The van der Waals surface area contributed by atoms with Gasteiger partial charge >= 0.3 is 6.03 Å². The lowest BCUT2D eigenvalue weighted by Gasteiger charge is -2.32. The van der Waals surface area contributed by atoms with E-state index in [4.69, 9.17) is 16.3 Å². The van der Waals surface area contributed by atoms with E-state index in [1.165, 1.54) is 22.5 Å². The summed E-state index contributed by atoms with van der Waals surface area (Å²) in [5.41, 5.74) is 1.09. The number of amides is 2. The van der Waals surface area contributed by atoms with Gasteiger partial charge < -0.3 is 15.4 Å². The van der Waals surface area contributed by atoms with Crippen molar-refractivity contribution in [2.75, 3.05) is 50.8 Å². The molecule has 38 heavy (non-hydrogen) atoms. The van der Waals surface area contributed by atoms with Crippen molar-refractivity contribution in [3.05, 3.63) is 52.5 Å². The minimum Gasteiger partial charge on any atom is -0.456 e. The number of nitriles is 1. The topological polar surface area (TPSA) is 115 Å². The molecule has 12 heteroatoms. The van der Waals surface area contributed by atoms with Gasteiger partial charge in [0.1, 0.15) is 16.4 Å². The fourth-order valence-corrected chi connectivity index (χ4v) is 7.39. The van der Waals surface area contributed by atoms with Gasteiger partial charge in [-0.2, -0.15) is 21.3 Å². The van der Waals surface area contributed by atoms with E-state index in [2.05, 4.69) is 15.5 Å². The van der Waals surface area contributed by atoms with Crippen LogP contribution in [0.2, 0.25) is 5.02 Å². The molecule has 0 atom stereocenters. The number of halogens is 1. The molecule has 0 radical (unpaired) electrons. The standard InChI is InChI=1S/C26H32ClN5O4S2/c1-19-14-21(27)17-23(15-19)36-24-3-2-20(18-28)16-25(24)38(34,35)32-7-4-22(5-8-32)30-26(33)29-6-9-31-10-12-37-13-11-31/h2-3,14-17,22H,4-13H2,1H3,(H2,29,30,33). The van der Waals surface area contributed by atoms with E-state index in [0.29, 0.717) is 30.2 Å². The van der Waals surface area contributed by atoms with E-state index >= 15 is 0 Å². The van der Waals surface area contributed by atoms with Gasteiger partial charge in [-0.3, -0.25) is 4.90 Å². The predicted molar refractivity (Wildman–Crippen MR) is 150 cm³/mol. The van der Waals surface area contributed by atoms with Crippen LogP contribution in [-0.4, -0.2) is 80.5 Å². The largest absolute Gasteiger partial charge is 0.456 e. The fourth-order valence-electron chi connectivity index (χ4n) is 4.52. The Bertz CT molecular complexity index is 1270. The molecule has 0 aromatic heterocycles. The van der Waals surface area contributed by atoms with Crippen molar-refractivity contribution >= 4 is 39.4 Å². The third-order valence-electron chi connectivity index (χ3n) is 6.54. The molecule has 9 nitrogen and oxygen atoms in total.